The second-order valence-electron chi connectivity index (χ2n) is 8.88. The summed E-state index contributed by atoms with van der Waals surface area (Å²) in [5.41, 5.74) is 4.92. The molecule has 7 heteroatoms. The smallest absolute Gasteiger partial charge is 0.340 e. The number of benzene rings is 4. The van der Waals surface area contributed by atoms with Crippen molar-refractivity contribution in [3.63, 3.8) is 0 Å². The maximum absolute atomic E-state index is 13.3. The lowest BCUT2D eigenvalue weighted by Gasteiger charge is -2.18. The average molecular weight is 495 g/mol. The summed E-state index contributed by atoms with van der Waals surface area (Å²) in [5.74, 6) is -0.507. The zero-order valence-electron chi connectivity index (χ0n) is 19.5. The van der Waals surface area contributed by atoms with Crippen LogP contribution in [0.3, 0.4) is 0 Å². The molecule has 4 aromatic carbocycles. The zero-order chi connectivity index (χ0) is 24.9. The van der Waals surface area contributed by atoms with Crippen molar-refractivity contribution < 1.29 is 18.0 Å². The highest BCUT2D eigenvalue weighted by Crippen LogP contribution is 2.36. The Labute approximate surface area is 208 Å². The van der Waals surface area contributed by atoms with E-state index >= 15 is 0 Å². The molecule has 178 valence electrons. The van der Waals surface area contributed by atoms with E-state index in [1.807, 2.05) is 37.3 Å². The van der Waals surface area contributed by atoms with Crippen molar-refractivity contribution in [1.82, 2.24) is 4.57 Å². The Kier molecular flexibility index (Phi) is 5.23. The predicted octanol–water partition coefficient (Wildman–Crippen LogP) is 5.90. The molecule has 0 saturated carbocycles. The van der Waals surface area contributed by atoms with Crippen molar-refractivity contribution >= 4 is 43.3 Å². The van der Waals surface area contributed by atoms with E-state index < -0.39 is 15.8 Å². The maximum atomic E-state index is 13.3. The van der Waals surface area contributed by atoms with E-state index in [0.717, 1.165) is 32.9 Å². The van der Waals surface area contributed by atoms with Gasteiger partial charge in [0, 0.05) is 34.8 Å². The first kappa shape index (κ1) is 22.2. The number of aryl methyl sites for hydroxylation is 2. The quantitative estimate of drug-likeness (QED) is 0.230. The number of fused-ring (bicyclic) bond motifs is 3. The average Bonchev–Trinajstić information content (AvgIpc) is 3.23. The number of para-hydroxylation sites is 1. The van der Waals surface area contributed by atoms with Gasteiger partial charge in [0.15, 0.2) is 0 Å². The fourth-order valence-corrected chi connectivity index (χ4v) is 6.08. The third-order valence-electron chi connectivity index (χ3n) is 6.63. The number of carbonyl (C=O) groups excluding carboxylic acids is 1. The van der Waals surface area contributed by atoms with Gasteiger partial charge in [-0.1, -0.05) is 59.3 Å². The second kappa shape index (κ2) is 8.46. The van der Waals surface area contributed by atoms with Gasteiger partial charge in [0.2, 0.25) is 9.84 Å². The minimum absolute atomic E-state index is 0.258. The topological polar surface area (TPSA) is 77.7 Å². The summed E-state index contributed by atoms with van der Waals surface area (Å²) in [6.45, 7) is 2.57. The van der Waals surface area contributed by atoms with Crippen LogP contribution in [0.25, 0.3) is 21.8 Å². The van der Waals surface area contributed by atoms with Gasteiger partial charge in [0.25, 0.3) is 0 Å². The lowest BCUT2D eigenvalue weighted by atomic mass is 10.0. The molecule has 0 aliphatic carbocycles. The molecule has 0 saturated heterocycles. The number of oxime groups is 1. The molecule has 0 fully saturated rings. The van der Waals surface area contributed by atoms with Gasteiger partial charge in [-0.15, -0.1) is 0 Å². The van der Waals surface area contributed by atoms with E-state index in [2.05, 4.69) is 9.72 Å². The largest absolute Gasteiger partial charge is 0.365 e. The van der Waals surface area contributed by atoms with Crippen LogP contribution in [-0.2, 0) is 21.2 Å². The van der Waals surface area contributed by atoms with Crippen molar-refractivity contribution in [2.45, 2.75) is 29.7 Å². The van der Waals surface area contributed by atoms with Crippen LogP contribution in [0.15, 0.2) is 106 Å². The molecule has 1 aromatic heterocycles. The summed E-state index contributed by atoms with van der Waals surface area (Å²) >= 11 is 0. The van der Waals surface area contributed by atoms with Crippen molar-refractivity contribution in [2.24, 2.45) is 5.16 Å². The number of nitrogens with zero attached hydrogens (tertiary/aromatic N) is 2. The number of carbonyl (C=O) groups is 1. The molecule has 0 amide bonds. The maximum Gasteiger partial charge on any atom is 0.365 e. The van der Waals surface area contributed by atoms with Crippen LogP contribution in [0.1, 0.15) is 27.9 Å². The van der Waals surface area contributed by atoms with Gasteiger partial charge in [-0.05, 0) is 49.4 Å². The molecule has 1 aliphatic heterocycles. The van der Waals surface area contributed by atoms with E-state index in [0.29, 0.717) is 24.2 Å². The van der Waals surface area contributed by atoms with Gasteiger partial charge in [-0.3, -0.25) is 0 Å². The highest BCUT2D eigenvalue weighted by atomic mass is 32.2. The molecular formula is C29H22N2O4S. The molecule has 0 spiro atoms. The van der Waals surface area contributed by atoms with Crippen LogP contribution < -0.4 is 0 Å². The van der Waals surface area contributed by atoms with Crippen molar-refractivity contribution in [3.05, 3.63) is 108 Å². The standard InChI is InChI=1S/C29H22N2O4S/c1-19-10-12-21(13-11-19)36(33,34)22-14-15-27-25(18-22)23-8-5-9-24-26(16-17-31(27)28(23)24)30-35-29(32)20-6-3-2-4-7-20/h2-15,18H,16-17H2,1H3/b30-26+. The van der Waals surface area contributed by atoms with Gasteiger partial charge in [0.05, 0.1) is 26.6 Å². The van der Waals surface area contributed by atoms with Gasteiger partial charge in [0.1, 0.15) is 0 Å². The molecule has 0 unspecified atom stereocenters. The molecule has 1 aliphatic rings. The Hall–Kier alpha value is -4.23. The Morgan fingerprint density at radius 1 is 0.861 bits per heavy atom. The molecule has 0 atom stereocenters. The van der Waals surface area contributed by atoms with E-state index in [1.54, 1.807) is 60.7 Å². The molecule has 0 radical (unpaired) electrons. The Bertz CT molecular complexity index is 1780. The van der Waals surface area contributed by atoms with Crippen LogP contribution in [0.2, 0.25) is 0 Å². The van der Waals surface area contributed by atoms with Crippen molar-refractivity contribution in [3.8, 4) is 0 Å². The Balaban J connectivity index is 1.43. The van der Waals surface area contributed by atoms with Crippen molar-refractivity contribution in [1.29, 1.82) is 0 Å². The van der Waals surface area contributed by atoms with Crippen LogP contribution in [0.5, 0.6) is 0 Å². The minimum atomic E-state index is -3.65. The third-order valence-corrected chi connectivity index (χ3v) is 8.40. The number of hydrogen-bond acceptors (Lipinski definition) is 5. The van der Waals surface area contributed by atoms with E-state index in [1.165, 1.54) is 0 Å². The van der Waals surface area contributed by atoms with E-state index in [9.17, 15) is 13.2 Å². The number of rotatable bonds is 4. The normalized spacial score (nSPS) is 14.4. The number of sulfone groups is 1. The van der Waals surface area contributed by atoms with Crippen LogP contribution in [0.4, 0.5) is 0 Å². The highest BCUT2D eigenvalue weighted by molar-refractivity contribution is 7.91. The lowest BCUT2D eigenvalue weighted by Crippen LogP contribution is -2.16. The summed E-state index contributed by atoms with van der Waals surface area (Å²) < 4.78 is 28.8. The summed E-state index contributed by atoms with van der Waals surface area (Å²) in [4.78, 5) is 18.2. The SMILES string of the molecule is Cc1ccc(S(=O)(=O)c2ccc3c(c2)c2cccc4c2n3CC/C4=N\OC(=O)c2ccccc2)cc1. The first-order valence-corrected chi connectivity index (χ1v) is 13.1. The minimum Gasteiger partial charge on any atom is -0.340 e. The van der Waals surface area contributed by atoms with Gasteiger partial charge in [-0.25, -0.2) is 13.2 Å². The molecule has 6 nitrogen and oxygen atoms in total. The zero-order valence-corrected chi connectivity index (χ0v) is 20.3. The molecule has 0 N–H and O–H groups in total. The van der Waals surface area contributed by atoms with Gasteiger partial charge >= 0.3 is 5.97 Å². The first-order valence-electron chi connectivity index (χ1n) is 11.6. The summed E-state index contributed by atoms with van der Waals surface area (Å²) in [6.07, 6.45) is 0.585. The second-order valence-corrected chi connectivity index (χ2v) is 10.8. The predicted molar refractivity (Wildman–Crippen MR) is 139 cm³/mol. The first-order chi connectivity index (χ1) is 17.4. The third kappa shape index (κ3) is 3.60. The molecule has 6 rings (SSSR count). The van der Waals surface area contributed by atoms with Crippen molar-refractivity contribution in [2.75, 3.05) is 0 Å². The summed E-state index contributed by atoms with van der Waals surface area (Å²) in [7, 11) is -3.65. The van der Waals surface area contributed by atoms with E-state index in [-0.39, 0.29) is 9.79 Å². The number of aromatic nitrogens is 1. The number of hydrogen-bond donors (Lipinski definition) is 0. The Morgan fingerprint density at radius 3 is 2.39 bits per heavy atom. The van der Waals surface area contributed by atoms with Gasteiger partial charge < -0.3 is 9.40 Å². The fourth-order valence-electron chi connectivity index (χ4n) is 4.79. The Morgan fingerprint density at radius 2 is 1.61 bits per heavy atom. The lowest BCUT2D eigenvalue weighted by molar-refractivity contribution is 0.0515. The van der Waals surface area contributed by atoms with Crippen LogP contribution in [0, 0.1) is 6.92 Å². The monoisotopic (exact) mass is 494 g/mol. The summed E-state index contributed by atoms with van der Waals surface area (Å²) in [5, 5.41) is 6.01. The highest BCUT2D eigenvalue weighted by Gasteiger charge is 2.24. The molecule has 36 heavy (non-hydrogen) atoms. The molecular weight excluding hydrogens is 472 g/mol. The fraction of sp³-hybridized carbons (Fsp3) is 0.103. The van der Waals surface area contributed by atoms with E-state index in [4.69, 9.17) is 4.84 Å². The molecule has 5 aromatic rings. The van der Waals surface area contributed by atoms with Gasteiger partial charge in [-0.2, -0.15) is 0 Å². The molecule has 2 heterocycles. The molecule has 0 bridgehead atoms. The van der Waals surface area contributed by atoms with Crippen LogP contribution in [-0.4, -0.2) is 24.7 Å². The summed E-state index contributed by atoms with van der Waals surface area (Å²) in [6, 6.07) is 26.8. The van der Waals surface area contributed by atoms with Crippen LogP contribution >= 0.6 is 0 Å².